The van der Waals surface area contributed by atoms with Crippen molar-refractivity contribution >= 4 is 15.7 Å². The van der Waals surface area contributed by atoms with Crippen molar-refractivity contribution in [3.8, 4) is 0 Å². The van der Waals surface area contributed by atoms with Crippen LogP contribution in [0.2, 0.25) is 0 Å². The normalized spacial score (nSPS) is 11.4. The first-order chi connectivity index (χ1) is 9.13. The molecule has 0 atom stereocenters. The van der Waals surface area contributed by atoms with Gasteiger partial charge in [-0.15, -0.1) is 0 Å². The number of H-pyrrole nitrogens is 1. The van der Waals surface area contributed by atoms with Gasteiger partial charge in [-0.2, -0.15) is 13.5 Å². The fraction of sp³-hybridized carbons (Fsp3) is 0.250. The molecule has 2 aromatic rings. The number of hydrogen-bond donors (Lipinski definition) is 3. The molecule has 0 radical (unpaired) electrons. The molecule has 0 amide bonds. The molecule has 0 bridgehead atoms. The number of rotatable bonds is 6. The summed E-state index contributed by atoms with van der Waals surface area (Å²) in [7, 11) is -3.64. The van der Waals surface area contributed by atoms with Crippen LogP contribution in [0.25, 0.3) is 0 Å². The van der Waals surface area contributed by atoms with E-state index in [2.05, 4.69) is 20.2 Å². The van der Waals surface area contributed by atoms with E-state index >= 15 is 0 Å². The molecule has 0 aliphatic rings. The average molecular weight is 280 g/mol. The first kappa shape index (κ1) is 13.6. The van der Waals surface area contributed by atoms with Gasteiger partial charge in [0.05, 0.1) is 6.20 Å². The summed E-state index contributed by atoms with van der Waals surface area (Å²) in [5.41, 5.74) is 1.14. The highest BCUT2D eigenvalue weighted by atomic mass is 32.2. The monoisotopic (exact) mass is 280 g/mol. The summed E-state index contributed by atoms with van der Waals surface area (Å²) in [6, 6.07) is 8.75. The van der Waals surface area contributed by atoms with Gasteiger partial charge in [0.15, 0.2) is 5.03 Å². The quantitative estimate of drug-likeness (QED) is 0.745. The first-order valence-corrected chi connectivity index (χ1v) is 7.42. The molecular weight excluding hydrogens is 264 g/mol. The number of nitrogens with zero attached hydrogens (tertiary/aromatic N) is 1. The summed E-state index contributed by atoms with van der Waals surface area (Å²) in [6.07, 6.45) is 1.52. The zero-order chi connectivity index (χ0) is 13.7. The maximum absolute atomic E-state index is 12.2. The van der Waals surface area contributed by atoms with E-state index in [0.717, 1.165) is 6.54 Å². The maximum atomic E-state index is 12.2. The lowest BCUT2D eigenvalue weighted by molar-refractivity contribution is 0.594. The van der Waals surface area contributed by atoms with Gasteiger partial charge in [-0.3, -0.25) is 9.82 Å². The van der Waals surface area contributed by atoms with Crippen LogP contribution in [0, 0.1) is 0 Å². The Labute approximate surface area is 112 Å². The highest BCUT2D eigenvalue weighted by molar-refractivity contribution is 7.92. The Morgan fingerprint density at radius 3 is 2.68 bits per heavy atom. The summed E-state index contributed by atoms with van der Waals surface area (Å²) in [5.74, 6) is 0. The molecule has 6 nitrogen and oxygen atoms in total. The standard InChI is InChI=1S/C12H16N4O2S/c1-2-13-8-10-9-14-15-12(10)19(17,18)16-11-6-4-3-5-7-11/h3-7,9,13,16H,2,8H2,1H3,(H,14,15). The Morgan fingerprint density at radius 2 is 2.00 bits per heavy atom. The van der Waals surface area contributed by atoms with Crippen molar-refractivity contribution in [2.45, 2.75) is 18.5 Å². The minimum absolute atomic E-state index is 0.0947. The zero-order valence-corrected chi connectivity index (χ0v) is 11.4. The second-order valence-electron chi connectivity index (χ2n) is 3.98. The molecule has 7 heteroatoms. The van der Waals surface area contributed by atoms with Crippen LogP contribution in [0.5, 0.6) is 0 Å². The second-order valence-corrected chi connectivity index (χ2v) is 5.60. The van der Waals surface area contributed by atoms with Gasteiger partial charge >= 0.3 is 0 Å². The summed E-state index contributed by atoms with van der Waals surface area (Å²) < 4.78 is 27.0. The van der Waals surface area contributed by atoms with Crippen LogP contribution >= 0.6 is 0 Å². The Morgan fingerprint density at radius 1 is 1.26 bits per heavy atom. The van der Waals surface area contributed by atoms with Crippen molar-refractivity contribution in [1.29, 1.82) is 0 Å². The Hall–Kier alpha value is -1.86. The van der Waals surface area contributed by atoms with E-state index in [9.17, 15) is 8.42 Å². The van der Waals surface area contributed by atoms with E-state index < -0.39 is 10.0 Å². The largest absolute Gasteiger partial charge is 0.313 e. The first-order valence-electron chi connectivity index (χ1n) is 5.94. The Balaban J connectivity index is 2.22. The van der Waals surface area contributed by atoms with Crippen molar-refractivity contribution in [3.63, 3.8) is 0 Å². The van der Waals surface area contributed by atoms with Crippen LogP contribution in [0.15, 0.2) is 41.6 Å². The lowest BCUT2D eigenvalue weighted by atomic mass is 10.3. The van der Waals surface area contributed by atoms with E-state index in [0.29, 0.717) is 17.8 Å². The fourth-order valence-electron chi connectivity index (χ4n) is 1.63. The van der Waals surface area contributed by atoms with E-state index in [1.54, 1.807) is 24.3 Å². The average Bonchev–Trinajstić information content (AvgIpc) is 2.86. The fourth-order valence-corrected chi connectivity index (χ4v) is 2.82. The molecular formula is C12H16N4O2S. The van der Waals surface area contributed by atoms with Crippen LogP contribution in [0.1, 0.15) is 12.5 Å². The highest BCUT2D eigenvalue weighted by Gasteiger charge is 2.20. The van der Waals surface area contributed by atoms with E-state index in [1.165, 1.54) is 6.20 Å². The SMILES string of the molecule is CCNCc1cn[nH]c1S(=O)(=O)Nc1ccccc1. The molecule has 0 saturated carbocycles. The van der Waals surface area contributed by atoms with Crippen LogP contribution in [-0.4, -0.2) is 25.2 Å². The molecule has 1 aromatic heterocycles. The van der Waals surface area contributed by atoms with Crippen molar-refractivity contribution in [2.24, 2.45) is 0 Å². The van der Waals surface area contributed by atoms with Crippen LogP contribution in [-0.2, 0) is 16.6 Å². The number of sulfonamides is 1. The van der Waals surface area contributed by atoms with Crippen LogP contribution < -0.4 is 10.0 Å². The molecule has 3 N–H and O–H groups in total. The van der Waals surface area contributed by atoms with Crippen molar-refractivity contribution < 1.29 is 8.42 Å². The number of nitrogens with one attached hydrogen (secondary N) is 3. The summed E-state index contributed by atoms with van der Waals surface area (Å²) in [6.45, 7) is 3.17. The van der Waals surface area contributed by atoms with E-state index in [1.807, 2.05) is 13.0 Å². The minimum Gasteiger partial charge on any atom is -0.313 e. The summed E-state index contributed by atoms with van der Waals surface area (Å²) in [4.78, 5) is 0. The molecule has 2 rings (SSSR count). The Bertz CT molecular complexity index is 622. The van der Waals surface area contributed by atoms with Gasteiger partial charge in [0, 0.05) is 17.8 Å². The van der Waals surface area contributed by atoms with Gasteiger partial charge in [0.25, 0.3) is 10.0 Å². The topological polar surface area (TPSA) is 86.9 Å². The third kappa shape index (κ3) is 3.33. The van der Waals surface area contributed by atoms with Crippen molar-refractivity contribution in [2.75, 3.05) is 11.3 Å². The van der Waals surface area contributed by atoms with E-state index in [-0.39, 0.29) is 5.03 Å². The number of aromatic amines is 1. The number of hydrogen-bond acceptors (Lipinski definition) is 4. The summed E-state index contributed by atoms with van der Waals surface area (Å²) >= 11 is 0. The molecule has 0 unspecified atom stereocenters. The van der Waals surface area contributed by atoms with Gasteiger partial charge in [-0.05, 0) is 18.7 Å². The smallest absolute Gasteiger partial charge is 0.279 e. The molecule has 1 heterocycles. The number of aromatic nitrogens is 2. The van der Waals surface area contributed by atoms with Gasteiger partial charge in [-0.25, -0.2) is 0 Å². The minimum atomic E-state index is -3.64. The highest BCUT2D eigenvalue weighted by Crippen LogP contribution is 2.16. The zero-order valence-electron chi connectivity index (χ0n) is 10.6. The second kappa shape index (κ2) is 5.85. The molecule has 102 valence electrons. The molecule has 19 heavy (non-hydrogen) atoms. The van der Waals surface area contributed by atoms with E-state index in [4.69, 9.17) is 0 Å². The predicted molar refractivity (Wildman–Crippen MR) is 73.2 cm³/mol. The number of para-hydroxylation sites is 1. The van der Waals surface area contributed by atoms with Gasteiger partial charge in [0.2, 0.25) is 0 Å². The van der Waals surface area contributed by atoms with Crippen LogP contribution in [0.3, 0.4) is 0 Å². The third-order valence-corrected chi connectivity index (χ3v) is 3.93. The van der Waals surface area contributed by atoms with Gasteiger partial charge < -0.3 is 5.32 Å². The third-order valence-electron chi connectivity index (χ3n) is 2.54. The number of anilines is 1. The van der Waals surface area contributed by atoms with Gasteiger partial charge in [-0.1, -0.05) is 25.1 Å². The predicted octanol–water partition coefficient (Wildman–Crippen LogP) is 1.32. The molecule has 0 spiro atoms. The Kier molecular flexibility index (Phi) is 4.18. The summed E-state index contributed by atoms with van der Waals surface area (Å²) in [5, 5.41) is 9.50. The molecule has 1 aromatic carbocycles. The molecule has 0 aliphatic carbocycles. The lowest BCUT2D eigenvalue weighted by Gasteiger charge is -2.08. The van der Waals surface area contributed by atoms with Crippen molar-refractivity contribution in [3.05, 3.63) is 42.1 Å². The van der Waals surface area contributed by atoms with Crippen molar-refractivity contribution in [1.82, 2.24) is 15.5 Å². The maximum Gasteiger partial charge on any atom is 0.279 e. The van der Waals surface area contributed by atoms with Gasteiger partial charge in [0.1, 0.15) is 0 Å². The van der Waals surface area contributed by atoms with Crippen LogP contribution in [0.4, 0.5) is 5.69 Å². The number of benzene rings is 1. The molecule has 0 aliphatic heterocycles. The molecule has 0 saturated heterocycles. The lowest BCUT2D eigenvalue weighted by Crippen LogP contribution is -2.18. The molecule has 0 fully saturated rings.